The lowest BCUT2D eigenvalue weighted by Gasteiger charge is -2.15. The normalized spacial score (nSPS) is 11.2. The van der Waals surface area contributed by atoms with Gasteiger partial charge in [0.1, 0.15) is 0 Å². The summed E-state index contributed by atoms with van der Waals surface area (Å²) in [5.41, 5.74) is 5.33. The van der Waals surface area contributed by atoms with Crippen molar-refractivity contribution in [3.8, 4) is 5.69 Å². The Hall–Kier alpha value is -1.87. The first-order chi connectivity index (χ1) is 10.9. The van der Waals surface area contributed by atoms with Crippen molar-refractivity contribution in [1.82, 2.24) is 9.47 Å². The van der Waals surface area contributed by atoms with Crippen LogP contribution in [0.4, 0.5) is 0 Å². The van der Waals surface area contributed by atoms with E-state index < -0.39 is 0 Å². The van der Waals surface area contributed by atoms with Crippen molar-refractivity contribution in [3.63, 3.8) is 0 Å². The third kappa shape index (κ3) is 4.11. The van der Waals surface area contributed by atoms with E-state index in [9.17, 15) is 4.79 Å². The Bertz CT molecular complexity index is 668. The van der Waals surface area contributed by atoms with Crippen molar-refractivity contribution < 1.29 is 4.79 Å². The number of aryl methyl sites for hydroxylation is 2. The first-order valence-corrected chi connectivity index (χ1v) is 8.41. The molecule has 0 aliphatic heterocycles. The Morgan fingerprint density at radius 1 is 1.13 bits per heavy atom. The van der Waals surface area contributed by atoms with Crippen molar-refractivity contribution in [2.75, 3.05) is 20.1 Å². The van der Waals surface area contributed by atoms with Gasteiger partial charge in [0.05, 0.1) is 6.54 Å². The van der Waals surface area contributed by atoms with E-state index in [0.717, 1.165) is 42.0 Å². The second-order valence-electron chi connectivity index (χ2n) is 6.47. The predicted octanol–water partition coefficient (Wildman–Crippen LogP) is 4.32. The van der Waals surface area contributed by atoms with Gasteiger partial charge in [-0.3, -0.25) is 9.69 Å². The van der Waals surface area contributed by atoms with Crippen LogP contribution in [0, 0.1) is 20.8 Å². The van der Waals surface area contributed by atoms with E-state index >= 15 is 0 Å². The van der Waals surface area contributed by atoms with Crippen molar-refractivity contribution in [1.29, 1.82) is 0 Å². The number of benzene rings is 1. The van der Waals surface area contributed by atoms with Crippen LogP contribution in [-0.2, 0) is 0 Å². The van der Waals surface area contributed by atoms with Gasteiger partial charge in [-0.05, 0) is 59.0 Å². The van der Waals surface area contributed by atoms with Crippen LogP contribution in [0.5, 0.6) is 0 Å². The lowest BCUT2D eigenvalue weighted by Crippen LogP contribution is -2.27. The molecule has 0 radical (unpaired) electrons. The summed E-state index contributed by atoms with van der Waals surface area (Å²) in [5, 5.41) is 0. The lowest BCUT2D eigenvalue weighted by atomic mass is 10.1. The molecule has 1 aromatic heterocycles. The van der Waals surface area contributed by atoms with Crippen molar-refractivity contribution in [3.05, 3.63) is 52.8 Å². The second-order valence-corrected chi connectivity index (χ2v) is 6.47. The molecular formula is C20H28N2O. The zero-order chi connectivity index (χ0) is 17.0. The Morgan fingerprint density at radius 3 is 2.39 bits per heavy atom. The number of hydrogen-bond donors (Lipinski definition) is 0. The quantitative estimate of drug-likeness (QED) is 0.712. The minimum atomic E-state index is 0.204. The van der Waals surface area contributed by atoms with E-state index in [2.05, 4.69) is 54.5 Å². The number of hydrogen-bond acceptors (Lipinski definition) is 2. The number of nitrogens with zero attached hydrogens (tertiary/aromatic N) is 2. The number of likely N-dealkylation sites (N-methyl/N-ethyl adjacent to an activating group) is 1. The minimum Gasteiger partial charge on any atom is -0.318 e. The molecule has 2 rings (SSSR count). The van der Waals surface area contributed by atoms with Gasteiger partial charge in [-0.1, -0.05) is 31.0 Å². The highest BCUT2D eigenvalue weighted by molar-refractivity contribution is 5.99. The molecule has 0 unspecified atom stereocenters. The van der Waals surface area contributed by atoms with Gasteiger partial charge in [-0.25, -0.2) is 0 Å². The largest absolute Gasteiger partial charge is 0.318 e. The molecule has 0 saturated heterocycles. The average molecular weight is 312 g/mol. The fourth-order valence-corrected chi connectivity index (χ4v) is 2.97. The highest BCUT2D eigenvalue weighted by atomic mass is 16.1. The fourth-order valence-electron chi connectivity index (χ4n) is 2.97. The molecule has 124 valence electrons. The summed E-state index contributed by atoms with van der Waals surface area (Å²) in [4.78, 5) is 14.7. The minimum absolute atomic E-state index is 0.204. The number of rotatable bonds is 7. The molecule has 0 amide bonds. The number of Topliss-reactive ketones (excluding diaryl/α,β-unsaturated/α-hetero) is 1. The highest BCUT2D eigenvalue weighted by Crippen LogP contribution is 2.21. The average Bonchev–Trinajstić information content (AvgIpc) is 2.81. The van der Waals surface area contributed by atoms with Crippen molar-refractivity contribution in [2.45, 2.75) is 40.5 Å². The maximum atomic E-state index is 12.6. The standard InChI is InChI=1S/C20H28N2O/c1-6-7-12-21(5)14-20(23)19-13-16(3)22(17(19)4)18-10-8-15(2)9-11-18/h8-11,13H,6-7,12,14H2,1-5H3. The van der Waals surface area contributed by atoms with Crippen LogP contribution in [0.1, 0.15) is 47.1 Å². The number of ketones is 1. The Labute approximate surface area is 139 Å². The molecule has 0 fully saturated rings. The number of aromatic nitrogens is 1. The first kappa shape index (κ1) is 17.5. The van der Waals surface area contributed by atoms with Gasteiger partial charge < -0.3 is 4.57 Å². The third-order valence-electron chi connectivity index (χ3n) is 4.33. The Kier molecular flexibility index (Phi) is 5.78. The molecule has 0 atom stereocenters. The molecule has 0 N–H and O–H groups in total. The van der Waals surface area contributed by atoms with Crippen LogP contribution in [0.2, 0.25) is 0 Å². The topological polar surface area (TPSA) is 25.2 Å². The maximum absolute atomic E-state index is 12.6. The number of carbonyl (C=O) groups excluding carboxylic acids is 1. The van der Waals surface area contributed by atoms with Gasteiger partial charge in [0.2, 0.25) is 0 Å². The number of carbonyl (C=O) groups is 1. The first-order valence-electron chi connectivity index (χ1n) is 8.41. The van der Waals surface area contributed by atoms with Gasteiger partial charge in [-0.2, -0.15) is 0 Å². The molecule has 23 heavy (non-hydrogen) atoms. The molecule has 0 aliphatic rings. The van der Waals surface area contributed by atoms with E-state index in [1.54, 1.807) is 0 Å². The van der Waals surface area contributed by atoms with E-state index in [4.69, 9.17) is 0 Å². The van der Waals surface area contributed by atoms with Gasteiger partial charge in [0.25, 0.3) is 0 Å². The Balaban J connectivity index is 2.23. The number of unbranched alkanes of at least 4 members (excludes halogenated alkanes) is 1. The van der Waals surface area contributed by atoms with Crippen LogP contribution in [0.25, 0.3) is 5.69 Å². The molecule has 1 heterocycles. The molecule has 0 saturated carbocycles. The molecule has 0 bridgehead atoms. The Morgan fingerprint density at radius 2 is 1.78 bits per heavy atom. The summed E-state index contributed by atoms with van der Waals surface area (Å²) >= 11 is 0. The molecule has 2 aromatic rings. The van der Waals surface area contributed by atoms with E-state index in [1.807, 2.05) is 20.0 Å². The van der Waals surface area contributed by atoms with E-state index in [1.165, 1.54) is 5.56 Å². The monoisotopic (exact) mass is 312 g/mol. The van der Waals surface area contributed by atoms with Crippen molar-refractivity contribution >= 4 is 5.78 Å². The van der Waals surface area contributed by atoms with Gasteiger partial charge in [-0.15, -0.1) is 0 Å². The van der Waals surface area contributed by atoms with Crippen LogP contribution >= 0.6 is 0 Å². The summed E-state index contributed by atoms with van der Waals surface area (Å²) < 4.78 is 2.17. The summed E-state index contributed by atoms with van der Waals surface area (Å²) in [6.07, 6.45) is 2.28. The van der Waals surface area contributed by atoms with Gasteiger partial charge >= 0.3 is 0 Å². The molecule has 0 spiro atoms. The van der Waals surface area contributed by atoms with Gasteiger partial charge in [0, 0.05) is 22.6 Å². The van der Waals surface area contributed by atoms with Gasteiger partial charge in [0.15, 0.2) is 5.78 Å². The fraction of sp³-hybridized carbons (Fsp3) is 0.450. The maximum Gasteiger partial charge on any atom is 0.178 e. The van der Waals surface area contributed by atoms with E-state index in [0.29, 0.717) is 6.54 Å². The predicted molar refractivity (Wildman–Crippen MR) is 96.7 cm³/mol. The zero-order valence-corrected chi connectivity index (χ0v) is 15.0. The SMILES string of the molecule is CCCCN(C)CC(=O)c1cc(C)n(-c2ccc(C)cc2)c1C. The van der Waals surface area contributed by atoms with Crippen LogP contribution < -0.4 is 0 Å². The van der Waals surface area contributed by atoms with Crippen LogP contribution in [0.3, 0.4) is 0 Å². The second kappa shape index (κ2) is 7.60. The highest BCUT2D eigenvalue weighted by Gasteiger charge is 2.17. The zero-order valence-electron chi connectivity index (χ0n) is 15.0. The van der Waals surface area contributed by atoms with Crippen LogP contribution in [0.15, 0.2) is 30.3 Å². The summed E-state index contributed by atoms with van der Waals surface area (Å²) in [6.45, 7) is 9.80. The molecule has 0 aliphatic carbocycles. The summed E-state index contributed by atoms with van der Waals surface area (Å²) in [6, 6.07) is 10.4. The van der Waals surface area contributed by atoms with E-state index in [-0.39, 0.29) is 5.78 Å². The molecule has 1 aromatic carbocycles. The smallest absolute Gasteiger partial charge is 0.178 e. The summed E-state index contributed by atoms with van der Waals surface area (Å²) in [5.74, 6) is 0.204. The van der Waals surface area contributed by atoms with Crippen molar-refractivity contribution in [2.24, 2.45) is 0 Å². The molecule has 3 nitrogen and oxygen atoms in total. The molecule has 3 heteroatoms. The third-order valence-corrected chi connectivity index (χ3v) is 4.33. The summed E-state index contributed by atoms with van der Waals surface area (Å²) in [7, 11) is 2.02. The lowest BCUT2D eigenvalue weighted by molar-refractivity contribution is 0.0945. The van der Waals surface area contributed by atoms with Crippen LogP contribution in [-0.4, -0.2) is 35.4 Å². The molecular weight excluding hydrogens is 284 g/mol.